The average Bonchev–Trinajstić information content (AvgIpc) is 2.54. The minimum absolute atomic E-state index is 0.000880. The third-order valence-electron chi connectivity index (χ3n) is 1.90. The van der Waals surface area contributed by atoms with E-state index in [-0.39, 0.29) is 6.04 Å². The molecule has 0 aliphatic carbocycles. The van der Waals surface area contributed by atoms with Crippen molar-refractivity contribution < 1.29 is 4.42 Å². The minimum atomic E-state index is 0.000880. The molecule has 0 spiro atoms. The molecule has 1 atom stereocenters. The third-order valence-corrected chi connectivity index (χ3v) is 3.61. The summed E-state index contributed by atoms with van der Waals surface area (Å²) in [6.45, 7) is 1.20. The van der Waals surface area contributed by atoms with E-state index < -0.39 is 0 Å². The van der Waals surface area contributed by atoms with Gasteiger partial charge >= 0.3 is 0 Å². The molecular formula is C10H12Br2N2O. The second-order valence-electron chi connectivity index (χ2n) is 2.97. The zero-order chi connectivity index (χ0) is 11.3. The highest BCUT2D eigenvalue weighted by Gasteiger charge is 2.15. The summed E-state index contributed by atoms with van der Waals surface area (Å²) < 4.78 is 7.03. The lowest BCUT2D eigenvalue weighted by molar-refractivity contribution is 0.408. The van der Waals surface area contributed by atoms with Crippen LogP contribution in [-0.2, 0) is 0 Å². The van der Waals surface area contributed by atoms with E-state index in [9.17, 15) is 0 Å². The van der Waals surface area contributed by atoms with Gasteiger partial charge in [0.25, 0.3) is 0 Å². The van der Waals surface area contributed by atoms with E-state index in [0.717, 1.165) is 16.8 Å². The van der Waals surface area contributed by atoms with Crippen LogP contribution in [0.15, 0.2) is 19.6 Å². The Balaban J connectivity index is 2.62. The number of nitrogens with two attached hydrogens (primary N) is 1. The third kappa shape index (κ3) is 3.65. The number of hydrogen-bond donors (Lipinski definition) is 2. The van der Waals surface area contributed by atoms with Crippen LogP contribution in [0.25, 0.3) is 0 Å². The zero-order valence-electron chi connectivity index (χ0n) is 8.09. The van der Waals surface area contributed by atoms with Crippen molar-refractivity contribution >= 4 is 31.9 Å². The maximum Gasteiger partial charge on any atom is 0.183 e. The molecule has 0 bridgehead atoms. The fraction of sp³-hybridized carbons (Fsp3) is 0.400. The first-order valence-corrected chi connectivity index (χ1v) is 6.09. The molecular weight excluding hydrogens is 324 g/mol. The summed E-state index contributed by atoms with van der Waals surface area (Å²) >= 11 is 6.63. The van der Waals surface area contributed by atoms with Gasteiger partial charge in [-0.25, -0.2) is 0 Å². The van der Waals surface area contributed by atoms with Crippen LogP contribution in [0, 0.1) is 12.3 Å². The van der Waals surface area contributed by atoms with Crippen molar-refractivity contribution in [3.63, 3.8) is 0 Å². The van der Waals surface area contributed by atoms with Crippen LogP contribution < -0.4 is 11.1 Å². The van der Waals surface area contributed by atoms with Crippen molar-refractivity contribution in [2.45, 2.75) is 12.5 Å². The second kappa shape index (κ2) is 6.33. The summed E-state index contributed by atoms with van der Waals surface area (Å²) in [5.74, 6) is 3.36. The van der Waals surface area contributed by atoms with Gasteiger partial charge in [-0.1, -0.05) is 0 Å². The van der Waals surface area contributed by atoms with Gasteiger partial charge in [0.1, 0.15) is 5.76 Å². The molecule has 0 saturated carbocycles. The van der Waals surface area contributed by atoms with Crippen LogP contribution >= 0.6 is 31.9 Å². The molecule has 1 unspecified atom stereocenters. The first-order chi connectivity index (χ1) is 7.19. The monoisotopic (exact) mass is 334 g/mol. The van der Waals surface area contributed by atoms with Gasteiger partial charge in [-0.15, -0.1) is 12.3 Å². The number of terminal acetylenes is 1. The van der Waals surface area contributed by atoms with Gasteiger partial charge in [0, 0.05) is 19.5 Å². The molecule has 0 amide bonds. The van der Waals surface area contributed by atoms with Crippen molar-refractivity contribution in [3.05, 3.63) is 21.0 Å². The molecule has 1 aromatic heterocycles. The van der Waals surface area contributed by atoms with Crippen LogP contribution in [0.5, 0.6) is 0 Å². The normalized spacial score (nSPS) is 12.4. The summed E-state index contributed by atoms with van der Waals surface area (Å²) in [7, 11) is 0. The highest BCUT2D eigenvalue weighted by Crippen LogP contribution is 2.29. The molecule has 0 saturated heterocycles. The van der Waals surface area contributed by atoms with Gasteiger partial charge in [-0.3, -0.25) is 0 Å². The van der Waals surface area contributed by atoms with E-state index in [1.165, 1.54) is 0 Å². The molecule has 3 N–H and O–H groups in total. The Morgan fingerprint density at radius 2 is 2.33 bits per heavy atom. The van der Waals surface area contributed by atoms with Crippen molar-refractivity contribution in [2.75, 3.05) is 13.1 Å². The largest absolute Gasteiger partial charge is 0.451 e. The lowest BCUT2D eigenvalue weighted by Crippen LogP contribution is -2.28. The Labute approximate surface area is 106 Å². The average molecular weight is 336 g/mol. The molecule has 15 heavy (non-hydrogen) atoms. The van der Waals surface area contributed by atoms with Crippen LogP contribution in [0.4, 0.5) is 0 Å². The van der Waals surface area contributed by atoms with E-state index in [0.29, 0.717) is 17.6 Å². The SMILES string of the molecule is C#CCCNC(CN)c1cc(Br)c(Br)o1. The number of nitrogens with one attached hydrogen (secondary N) is 1. The van der Waals surface area contributed by atoms with Gasteiger partial charge in [-0.2, -0.15) is 0 Å². The Hall–Kier alpha value is -0.280. The molecule has 1 aromatic rings. The smallest absolute Gasteiger partial charge is 0.183 e. The molecule has 0 aliphatic heterocycles. The number of halogens is 2. The molecule has 0 fully saturated rings. The van der Waals surface area contributed by atoms with Crippen molar-refractivity contribution in [3.8, 4) is 12.3 Å². The Kier molecular flexibility index (Phi) is 5.40. The van der Waals surface area contributed by atoms with E-state index in [1.807, 2.05) is 6.07 Å². The molecule has 1 rings (SSSR count). The molecule has 0 aromatic carbocycles. The van der Waals surface area contributed by atoms with Gasteiger partial charge < -0.3 is 15.5 Å². The summed E-state index contributed by atoms with van der Waals surface area (Å²) in [4.78, 5) is 0. The van der Waals surface area contributed by atoms with Gasteiger partial charge in [0.15, 0.2) is 4.67 Å². The fourth-order valence-electron chi connectivity index (χ4n) is 1.15. The Bertz CT molecular complexity index is 337. The lowest BCUT2D eigenvalue weighted by Gasteiger charge is -2.12. The molecule has 0 aliphatic rings. The first kappa shape index (κ1) is 12.8. The Morgan fingerprint density at radius 3 is 2.80 bits per heavy atom. The van der Waals surface area contributed by atoms with E-state index >= 15 is 0 Å². The molecule has 5 heteroatoms. The molecule has 82 valence electrons. The second-order valence-corrected chi connectivity index (χ2v) is 4.54. The van der Waals surface area contributed by atoms with Crippen molar-refractivity contribution in [1.82, 2.24) is 5.32 Å². The quantitative estimate of drug-likeness (QED) is 0.641. The highest BCUT2D eigenvalue weighted by molar-refractivity contribution is 9.13. The van der Waals surface area contributed by atoms with E-state index in [1.54, 1.807) is 0 Å². The highest BCUT2D eigenvalue weighted by atomic mass is 79.9. The summed E-state index contributed by atoms with van der Waals surface area (Å²) in [6, 6.07) is 1.89. The van der Waals surface area contributed by atoms with E-state index in [2.05, 4.69) is 43.1 Å². The number of hydrogen-bond acceptors (Lipinski definition) is 3. The molecule has 3 nitrogen and oxygen atoms in total. The van der Waals surface area contributed by atoms with Crippen LogP contribution in [0.3, 0.4) is 0 Å². The van der Waals surface area contributed by atoms with Gasteiger partial charge in [0.05, 0.1) is 10.5 Å². The summed E-state index contributed by atoms with van der Waals surface area (Å²) in [5.41, 5.74) is 5.64. The Morgan fingerprint density at radius 1 is 1.60 bits per heavy atom. The molecule has 1 heterocycles. The van der Waals surface area contributed by atoms with Crippen molar-refractivity contribution in [2.24, 2.45) is 5.73 Å². The van der Waals surface area contributed by atoms with Crippen LogP contribution in [0.1, 0.15) is 18.2 Å². The standard InChI is InChI=1S/C10H12Br2N2O/c1-2-3-4-14-8(6-13)9-5-7(11)10(12)15-9/h1,5,8,14H,3-4,6,13H2. The van der Waals surface area contributed by atoms with Crippen molar-refractivity contribution in [1.29, 1.82) is 0 Å². The lowest BCUT2D eigenvalue weighted by atomic mass is 10.2. The predicted molar refractivity (Wildman–Crippen MR) is 67.4 cm³/mol. The van der Waals surface area contributed by atoms with E-state index in [4.69, 9.17) is 16.6 Å². The summed E-state index contributed by atoms with van der Waals surface area (Å²) in [6.07, 6.45) is 5.84. The number of rotatable bonds is 5. The number of furan rings is 1. The zero-order valence-corrected chi connectivity index (χ0v) is 11.3. The topological polar surface area (TPSA) is 51.2 Å². The van der Waals surface area contributed by atoms with Crippen LogP contribution in [-0.4, -0.2) is 13.1 Å². The first-order valence-electron chi connectivity index (χ1n) is 4.50. The van der Waals surface area contributed by atoms with Gasteiger partial charge in [-0.05, 0) is 37.9 Å². The maximum atomic E-state index is 5.64. The summed E-state index contributed by atoms with van der Waals surface area (Å²) in [5, 5.41) is 3.22. The fourth-order valence-corrected chi connectivity index (χ4v) is 1.76. The molecule has 0 radical (unpaired) electrons. The maximum absolute atomic E-state index is 5.64. The predicted octanol–water partition coefficient (Wildman–Crippen LogP) is 2.42. The minimum Gasteiger partial charge on any atom is -0.451 e. The van der Waals surface area contributed by atoms with Crippen LogP contribution in [0.2, 0.25) is 0 Å². The van der Waals surface area contributed by atoms with Gasteiger partial charge in [0.2, 0.25) is 0 Å².